The maximum atomic E-state index is 13.2. The molecule has 164 valence electrons. The molecule has 0 aliphatic carbocycles. The molecule has 0 aliphatic heterocycles. The fourth-order valence-corrected chi connectivity index (χ4v) is 3.04. The number of benzene rings is 2. The Hall–Kier alpha value is -3.09. The summed E-state index contributed by atoms with van der Waals surface area (Å²) in [6.45, 7) is 7.38. The van der Waals surface area contributed by atoms with Gasteiger partial charge in [-0.25, -0.2) is 0 Å². The first-order valence-corrected chi connectivity index (χ1v) is 10.0. The van der Waals surface area contributed by atoms with E-state index in [1.807, 2.05) is 32.9 Å². The van der Waals surface area contributed by atoms with Crippen LogP contribution in [0.2, 0.25) is 0 Å². The molecule has 0 heterocycles. The Balaban J connectivity index is 2.34. The van der Waals surface area contributed by atoms with Gasteiger partial charge >= 0.3 is 0 Å². The molecule has 0 unspecified atom stereocenters. The summed E-state index contributed by atoms with van der Waals surface area (Å²) in [4.78, 5) is 14.8. The Morgan fingerprint density at radius 3 is 1.93 bits per heavy atom. The second kappa shape index (κ2) is 11.2. The van der Waals surface area contributed by atoms with Crippen LogP contribution in [0.4, 0.5) is 0 Å². The minimum Gasteiger partial charge on any atom is -0.497 e. The van der Waals surface area contributed by atoms with E-state index in [4.69, 9.17) is 23.7 Å². The van der Waals surface area contributed by atoms with Crippen LogP contribution >= 0.6 is 0 Å². The van der Waals surface area contributed by atoms with E-state index in [0.717, 1.165) is 5.56 Å². The van der Waals surface area contributed by atoms with Gasteiger partial charge < -0.3 is 28.6 Å². The minimum atomic E-state index is -0.169. The summed E-state index contributed by atoms with van der Waals surface area (Å²) < 4.78 is 27.8. The third kappa shape index (κ3) is 5.49. The van der Waals surface area contributed by atoms with Crippen LogP contribution in [-0.2, 0) is 6.54 Å². The number of hydrogen-bond acceptors (Lipinski definition) is 6. The van der Waals surface area contributed by atoms with Crippen LogP contribution in [0.3, 0.4) is 0 Å². The first-order chi connectivity index (χ1) is 14.5. The van der Waals surface area contributed by atoms with Gasteiger partial charge in [-0.15, -0.1) is 0 Å². The number of rotatable bonds is 11. The maximum absolute atomic E-state index is 13.2. The Morgan fingerprint density at radius 2 is 1.43 bits per heavy atom. The fourth-order valence-electron chi connectivity index (χ4n) is 3.04. The highest BCUT2D eigenvalue weighted by Gasteiger charge is 2.21. The van der Waals surface area contributed by atoms with E-state index in [1.54, 1.807) is 44.4 Å². The largest absolute Gasteiger partial charge is 0.497 e. The summed E-state index contributed by atoms with van der Waals surface area (Å²) in [6.07, 6.45) is 0. The lowest BCUT2D eigenvalue weighted by Gasteiger charge is -2.21. The lowest BCUT2D eigenvalue weighted by molar-refractivity contribution is 0.0783. The molecule has 0 bridgehead atoms. The Morgan fingerprint density at radius 1 is 0.833 bits per heavy atom. The predicted molar refractivity (Wildman–Crippen MR) is 115 cm³/mol. The van der Waals surface area contributed by atoms with E-state index < -0.39 is 0 Å². The fraction of sp³-hybridized carbons (Fsp3) is 0.435. The Kier molecular flexibility index (Phi) is 8.65. The van der Waals surface area contributed by atoms with Gasteiger partial charge in [0.2, 0.25) is 5.75 Å². The van der Waals surface area contributed by atoms with E-state index >= 15 is 0 Å². The summed E-state index contributed by atoms with van der Waals surface area (Å²) in [5.74, 6) is 2.67. The normalized spacial score (nSPS) is 10.3. The second-order valence-electron chi connectivity index (χ2n) is 6.44. The molecule has 2 rings (SSSR count). The zero-order valence-corrected chi connectivity index (χ0v) is 18.6. The topological polar surface area (TPSA) is 66.5 Å². The van der Waals surface area contributed by atoms with Gasteiger partial charge in [0.1, 0.15) is 11.5 Å². The van der Waals surface area contributed by atoms with E-state index in [9.17, 15) is 4.79 Å². The summed E-state index contributed by atoms with van der Waals surface area (Å²) in [7, 11) is 4.93. The summed E-state index contributed by atoms with van der Waals surface area (Å²) in [5, 5.41) is 0. The molecule has 0 atom stereocenters. The van der Waals surface area contributed by atoms with Crippen LogP contribution < -0.4 is 23.7 Å². The van der Waals surface area contributed by atoms with E-state index in [0.29, 0.717) is 60.7 Å². The van der Waals surface area contributed by atoms with Gasteiger partial charge in [0.15, 0.2) is 11.5 Å². The van der Waals surface area contributed by atoms with Crippen molar-refractivity contribution in [2.45, 2.75) is 27.3 Å². The van der Waals surface area contributed by atoms with Gasteiger partial charge in [0, 0.05) is 30.8 Å². The number of hydrogen-bond donors (Lipinski definition) is 0. The molecule has 0 spiro atoms. The Labute approximate surface area is 178 Å². The number of carbonyl (C=O) groups is 1. The average molecular weight is 418 g/mol. The number of methoxy groups -OCH3 is 2. The molecule has 7 heteroatoms. The van der Waals surface area contributed by atoms with Gasteiger partial charge in [-0.05, 0) is 45.0 Å². The van der Waals surface area contributed by atoms with E-state index in [1.165, 1.54) is 0 Å². The maximum Gasteiger partial charge on any atom is 0.254 e. The molecule has 2 aromatic rings. The van der Waals surface area contributed by atoms with Crippen molar-refractivity contribution < 1.29 is 28.5 Å². The number of carbonyl (C=O) groups excluding carboxylic acids is 1. The molecule has 0 aromatic heterocycles. The zero-order valence-electron chi connectivity index (χ0n) is 18.6. The third-order valence-electron chi connectivity index (χ3n) is 4.40. The smallest absolute Gasteiger partial charge is 0.254 e. The van der Waals surface area contributed by atoms with Gasteiger partial charge in [0.05, 0.1) is 34.0 Å². The SMILES string of the molecule is CCOc1cc(C(=O)N(C)Cc2ccc(OC)cc2OC)cc(OCC)c1OCC. The summed E-state index contributed by atoms with van der Waals surface area (Å²) >= 11 is 0. The third-order valence-corrected chi connectivity index (χ3v) is 4.40. The molecule has 30 heavy (non-hydrogen) atoms. The summed E-state index contributed by atoms with van der Waals surface area (Å²) in [6, 6.07) is 8.91. The van der Waals surface area contributed by atoms with Gasteiger partial charge in [0.25, 0.3) is 5.91 Å². The van der Waals surface area contributed by atoms with Crippen molar-refractivity contribution in [3.8, 4) is 28.7 Å². The average Bonchev–Trinajstić information content (AvgIpc) is 2.75. The van der Waals surface area contributed by atoms with Crippen LogP contribution in [0.5, 0.6) is 28.7 Å². The molecule has 0 saturated carbocycles. The first kappa shape index (κ1) is 23.2. The van der Waals surface area contributed by atoms with Crippen molar-refractivity contribution >= 4 is 5.91 Å². The molecule has 0 saturated heterocycles. The molecule has 0 radical (unpaired) electrons. The van der Waals surface area contributed by atoms with E-state index in [-0.39, 0.29) is 5.91 Å². The molecule has 2 aromatic carbocycles. The van der Waals surface area contributed by atoms with Crippen molar-refractivity contribution in [1.29, 1.82) is 0 Å². The van der Waals surface area contributed by atoms with Crippen molar-refractivity contribution in [3.63, 3.8) is 0 Å². The van der Waals surface area contributed by atoms with Crippen molar-refractivity contribution in [3.05, 3.63) is 41.5 Å². The van der Waals surface area contributed by atoms with Crippen LogP contribution in [0.15, 0.2) is 30.3 Å². The highest BCUT2D eigenvalue weighted by atomic mass is 16.5. The van der Waals surface area contributed by atoms with Crippen LogP contribution in [0.25, 0.3) is 0 Å². The van der Waals surface area contributed by atoms with Crippen LogP contribution in [-0.4, -0.2) is 51.9 Å². The van der Waals surface area contributed by atoms with Crippen LogP contribution in [0, 0.1) is 0 Å². The molecule has 0 N–H and O–H groups in total. The number of nitrogens with zero attached hydrogens (tertiary/aromatic N) is 1. The van der Waals surface area contributed by atoms with Crippen molar-refractivity contribution in [2.75, 3.05) is 41.1 Å². The molecule has 1 amide bonds. The molecule has 0 aliphatic rings. The van der Waals surface area contributed by atoms with Crippen LogP contribution in [0.1, 0.15) is 36.7 Å². The lowest BCUT2D eigenvalue weighted by atomic mass is 10.1. The Bertz CT molecular complexity index is 825. The molecular formula is C23H31NO6. The van der Waals surface area contributed by atoms with Crippen molar-refractivity contribution in [2.24, 2.45) is 0 Å². The zero-order chi connectivity index (χ0) is 22.1. The van der Waals surface area contributed by atoms with Gasteiger partial charge in [-0.1, -0.05) is 0 Å². The van der Waals surface area contributed by atoms with Gasteiger partial charge in [-0.3, -0.25) is 4.79 Å². The monoisotopic (exact) mass is 417 g/mol. The molecule has 7 nitrogen and oxygen atoms in total. The second-order valence-corrected chi connectivity index (χ2v) is 6.44. The molecule has 0 fully saturated rings. The molecular weight excluding hydrogens is 386 g/mol. The lowest BCUT2D eigenvalue weighted by Crippen LogP contribution is -2.26. The quantitative estimate of drug-likeness (QED) is 0.547. The summed E-state index contributed by atoms with van der Waals surface area (Å²) in [5.41, 5.74) is 1.33. The standard InChI is InChI=1S/C23H31NO6/c1-7-28-20-12-17(13-21(29-8-2)22(20)30-9-3)23(25)24(4)15-16-10-11-18(26-5)14-19(16)27-6/h10-14H,7-9,15H2,1-6H3. The van der Waals surface area contributed by atoms with Crippen molar-refractivity contribution in [1.82, 2.24) is 4.90 Å². The predicted octanol–water partition coefficient (Wildman–Crippen LogP) is 4.17. The first-order valence-electron chi connectivity index (χ1n) is 10.0. The number of ether oxygens (including phenoxy) is 5. The number of amides is 1. The highest BCUT2D eigenvalue weighted by Crippen LogP contribution is 2.39. The minimum absolute atomic E-state index is 0.169. The van der Waals surface area contributed by atoms with Gasteiger partial charge in [-0.2, -0.15) is 0 Å². The highest BCUT2D eigenvalue weighted by molar-refractivity contribution is 5.95. The van der Waals surface area contributed by atoms with E-state index in [2.05, 4.69) is 0 Å².